The van der Waals surface area contributed by atoms with Gasteiger partial charge in [-0.2, -0.15) is 0 Å². The van der Waals surface area contributed by atoms with Gasteiger partial charge in [0.05, 0.1) is 23.7 Å². The zero-order valence-corrected chi connectivity index (χ0v) is 11.8. The van der Waals surface area contributed by atoms with Gasteiger partial charge in [0, 0.05) is 16.3 Å². The smallest absolute Gasteiger partial charge is 0.152 e. The first-order valence-electron chi connectivity index (χ1n) is 6.88. The Morgan fingerprint density at radius 1 is 1.00 bits per heavy atom. The van der Waals surface area contributed by atoms with Gasteiger partial charge in [-0.1, -0.05) is 6.07 Å². The number of nitrogens with zero attached hydrogens (tertiary/aromatic N) is 1. The molecule has 0 saturated heterocycles. The summed E-state index contributed by atoms with van der Waals surface area (Å²) in [6.45, 7) is 0. The van der Waals surface area contributed by atoms with Crippen molar-refractivity contribution in [3.8, 4) is 5.75 Å². The van der Waals surface area contributed by atoms with E-state index in [-0.39, 0.29) is 5.82 Å². The normalized spacial score (nSPS) is 11.4. The van der Waals surface area contributed by atoms with Crippen LogP contribution in [-0.4, -0.2) is 17.8 Å². The third-order valence-corrected chi connectivity index (χ3v) is 4.02. The number of pyridine rings is 1. The SMILES string of the molecule is COc1ccc2c(c1)c(C=O)c1ccc3cc(F)ccc3n12. The van der Waals surface area contributed by atoms with Gasteiger partial charge in [0.2, 0.25) is 0 Å². The maximum Gasteiger partial charge on any atom is 0.152 e. The van der Waals surface area contributed by atoms with Crippen molar-refractivity contribution in [2.45, 2.75) is 0 Å². The Morgan fingerprint density at radius 3 is 2.55 bits per heavy atom. The molecule has 0 spiro atoms. The fraction of sp³-hybridized carbons (Fsp3) is 0.0556. The lowest BCUT2D eigenvalue weighted by molar-refractivity contribution is 0.112. The van der Waals surface area contributed by atoms with Gasteiger partial charge in [-0.25, -0.2) is 4.39 Å². The highest BCUT2D eigenvalue weighted by molar-refractivity contribution is 6.08. The Balaban J connectivity index is 2.27. The number of hydrogen-bond acceptors (Lipinski definition) is 2. The lowest BCUT2D eigenvalue weighted by Crippen LogP contribution is -1.89. The van der Waals surface area contributed by atoms with E-state index in [1.165, 1.54) is 12.1 Å². The number of rotatable bonds is 2. The molecule has 0 atom stereocenters. The Morgan fingerprint density at radius 2 is 1.77 bits per heavy atom. The van der Waals surface area contributed by atoms with Crippen molar-refractivity contribution < 1.29 is 13.9 Å². The molecule has 3 nitrogen and oxygen atoms in total. The molecular formula is C18H12FNO2. The molecule has 0 unspecified atom stereocenters. The van der Waals surface area contributed by atoms with Crippen molar-refractivity contribution in [1.82, 2.24) is 4.40 Å². The minimum atomic E-state index is -0.277. The number of methoxy groups -OCH3 is 1. The Labute approximate surface area is 125 Å². The van der Waals surface area contributed by atoms with Crippen LogP contribution >= 0.6 is 0 Å². The van der Waals surface area contributed by atoms with E-state index in [0.717, 1.165) is 33.6 Å². The monoisotopic (exact) mass is 293 g/mol. The summed E-state index contributed by atoms with van der Waals surface area (Å²) >= 11 is 0. The topological polar surface area (TPSA) is 30.7 Å². The van der Waals surface area contributed by atoms with Crippen molar-refractivity contribution in [1.29, 1.82) is 0 Å². The van der Waals surface area contributed by atoms with E-state index in [1.807, 2.05) is 34.7 Å². The van der Waals surface area contributed by atoms with Crippen LogP contribution in [0.1, 0.15) is 10.4 Å². The summed E-state index contributed by atoms with van der Waals surface area (Å²) in [5.41, 5.74) is 3.18. The van der Waals surface area contributed by atoms with Crippen LogP contribution in [0.3, 0.4) is 0 Å². The van der Waals surface area contributed by atoms with Crippen LogP contribution in [0.15, 0.2) is 48.5 Å². The lowest BCUT2D eigenvalue weighted by Gasteiger charge is -2.05. The molecule has 0 radical (unpaired) electrons. The number of fused-ring (bicyclic) bond motifs is 5. The molecule has 4 aromatic rings. The summed E-state index contributed by atoms with van der Waals surface area (Å²) in [6, 6.07) is 13.9. The highest BCUT2D eigenvalue weighted by atomic mass is 19.1. The summed E-state index contributed by atoms with van der Waals surface area (Å²) in [4.78, 5) is 11.6. The van der Waals surface area contributed by atoms with Crippen LogP contribution < -0.4 is 4.74 Å². The highest BCUT2D eigenvalue weighted by Crippen LogP contribution is 2.32. The molecule has 108 valence electrons. The molecule has 0 bridgehead atoms. The van der Waals surface area contributed by atoms with Gasteiger partial charge in [0.25, 0.3) is 0 Å². The number of carbonyl (C=O) groups is 1. The summed E-state index contributed by atoms with van der Waals surface area (Å²) < 4.78 is 20.7. The van der Waals surface area contributed by atoms with Crippen molar-refractivity contribution in [3.63, 3.8) is 0 Å². The van der Waals surface area contributed by atoms with Gasteiger partial charge in [-0.3, -0.25) is 4.79 Å². The predicted octanol–water partition coefficient (Wildman–Crippen LogP) is 4.21. The molecule has 0 amide bonds. The van der Waals surface area contributed by atoms with Crippen LogP contribution in [-0.2, 0) is 0 Å². The second kappa shape index (κ2) is 4.56. The molecule has 0 aliphatic heterocycles. The number of carbonyl (C=O) groups excluding carboxylic acids is 1. The maximum atomic E-state index is 13.4. The number of aldehydes is 1. The van der Waals surface area contributed by atoms with Crippen molar-refractivity contribution in [2.24, 2.45) is 0 Å². The second-order valence-electron chi connectivity index (χ2n) is 5.17. The Hall–Kier alpha value is -2.88. The molecule has 0 saturated carbocycles. The summed E-state index contributed by atoms with van der Waals surface area (Å²) in [6.07, 6.45) is 0.854. The van der Waals surface area contributed by atoms with Crippen LogP contribution in [0.2, 0.25) is 0 Å². The van der Waals surface area contributed by atoms with Crippen molar-refractivity contribution >= 4 is 33.6 Å². The maximum absolute atomic E-state index is 13.4. The van der Waals surface area contributed by atoms with E-state index in [0.29, 0.717) is 11.3 Å². The van der Waals surface area contributed by atoms with E-state index >= 15 is 0 Å². The van der Waals surface area contributed by atoms with Crippen LogP contribution in [0.5, 0.6) is 5.75 Å². The molecule has 2 aromatic carbocycles. The number of ether oxygens (including phenoxy) is 1. The average Bonchev–Trinajstić information content (AvgIpc) is 2.87. The molecule has 22 heavy (non-hydrogen) atoms. The third kappa shape index (κ3) is 1.64. The molecule has 2 heterocycles. The summed E-state index contributed by atoms with van der Waals surface area (Å²) in [7, 11) is 1.59. The zero-order valence-electron chi connectivity index (χ0n) is 11.8. The average molecular weight is 293 g/mol. The van der Waals surface area contributed by atoms with Crippen molar-refractivity contribution in [3.05, 3.63) is 59.9 Å². The molecule has 4 heteroatoms. The number of hydrogen-bond donors (Lipinski definition) is 0. The van der Waals surface area contributed by atoms with Crippen LogP contribution in [0, 0.1) is 5.82 Å². The fourth-order valence-electron chi connectivity index (χ4n) is 3.02. The van der Waals surface area contributed by atoms with E-state index < -0.39 is 0 Å². The summed E-state index contributed by atoms with van der Waals surface area (Å²) in [5.74, 6) is 0.419. The van der Waals surface area contributed by atoms with Crippen molar-refractivity contribution in [2.75, 3.05) is 7.11 Å². The Kier molecular flexibility index (Phi) is 2.66. The number of aromatic nitrogens is 1. The minimum absolute atomic E-state index is 0.277. The first-order chi connectivity index (χ1) is 10.7. The molecule has 4 rings (SSSR count). The van der Waals surface area contributed by atoms with Gasteiger partial charge >= 0.3 is 0 Å². The first kappa shape index (κ1) is 12.8. The van der Waals surface area contributed by atoms with Gasteiger partial charge in [-0.15, -0.1) is 0 Å². The fourth-order valence-corrected chi connectivity index (χ4v) is 3.02. The standard InChI is InChI=1S/C18H12FNO2/c1-22-13-4-7-17-14(9-13)15(10-21)18-5-2-11-8-12(19)3-6-16(11)20(17)18/h2-10H,1H3. The van der Waals surface area contributed by atoms with Gasteiger partial charge in [0.1, 0.15) is 11.6 Å². The first-order valence-corrected chi connectivity index (χ1v) is 6.88. The Bertz CT molecular complexity index is 1050. The van der Waals surface area contributed by atoms with Crippen LogP contribution in [0.4, 0.5) is 4.39 Å². The predicted molar refractivity (Wildman–Crippen MR) is 84.3 cm³/mol. The van der Waals surface area contributed by atoms with E-state index in [4.69, 9.17) is 4.74 Å². The largest absolute Gasteiger partial charge is 0.497 e. The highest BCUT2D eigenvalue weighted by Gasteiger charge is 2.14. The third-order valence-electron chi connectivity index (χ3n) is 4.02. The van der Waals surface area contributed by atoms with Gasteiger partial charge < -0.3 is 9.14 Å². The second-order valence-corrected chi connectivity index (χ2v) is 5.17. The zero-order chi connectivity index (χ0) is 15.3. The number of benzene rings is 2. The van der Waals surface area contributed by atoms with E-state index in [2.05, 4.69) is 0 Å². The molecule has 2 aromatic heterocycles. The summed E-state index contributed by atoms with van der Waals surface area (Å²) in [5, 5.41) is 1.61. The molecule has 0 aliphatic carbocycles. The van der Waals surface area contributed by atoms with Gasteiger partial charge in [0.15, 0.2) is 6.29 Å². The minimum Gasteiger partial charge on any atom is -0.497 e. The molecule has 0 fully saturated rings. The number of halogens is 1. The van der Waals surface area contributed by atoms with E-state index in [9.17, 15) is 9.18 Å². The van der Waals surface area contributed by atoms with Gasteiger partial charge in [-0.05, 0) is 42.5 Å². The molecule has 0 N–H and O–H groups in total. The van der Waals surface area contributed by atoms with Crippen LogP contribution in [0.25, 0.3) is 27.3 Å². The van der Waals surface area contributed by atoms with E-state index in [1.54, 1.807) is 13.2 Å². The molecule has 0 aliphatic rings. The lowest BCUT2D eigenvalue weighted by atomic mass is 10.1. The quantitative estimate of drug-likeness (QED) is 0.518. The molecular weight excluding hydrogens is 281 g/mol.